The van der Waals surface area contributed by atoms with Crippen LogP contribution in [0.15, 0.2) is 4.52 Å². The fourth-order valence-corrected chi connectivity index (χ4v) is 1.40. The molecule has 96 valence electrons. The minimum atomic E-state index is -4.63. The molecule has 3 nitrogen and oxygen atoms in total. The van der Waals surface area contributed by atoms with Crippen molar-refractivity contribution in [2.24, 2.45) is 5.92 Å². The number of Topliss-reactive ketones (excluding diaryl/α,β-unsaturated/α-hetero) is 1. The summed E-state index contributed by atoms with van der Waals surface area (Å²) in [7, 11) is 0. The number of carbonyl (C=O) groups is 1. The summed E-state index contributed by atoms with van der Waals surface area (Å²) in [5.41, 5.74) is -1.26. The van der Waals surface area contributed by atoms with Gasteiger partial charge in [0.2, 0.25) is 11.5 Å². The van der Waals surface area contributed by atoms with Gasteiger partial charge in [0, 0.05) is 5.92 Å². The Hall–Kier alpha value is -1.33. The molecule has 0 amide bonds. The molecule has 0 radical (unpaired) electrons. The third-order valence-corrected chi connectivity index (χ3v) is 2.30. The van der Waals surface area contributed by atoms with Crippen LogP contribution in [-0.2, 0) is 6.18 Å². The van der Waals surface area contributed by atoms with Gasteiger partial charge in [0.25, 0.3) is 0 Å². The lowest BCUT2D eigenvalue weighted by Crippen LogP contribution is -2.16. The van der Waals surface area contributed by atoms with Gasteiger partial charge in [0.1, 0.15) is 5.56 Å². The fraction of sp³-hybridized carbons (Fsp3) is 0.636. The van der Waals surface area contributed by atoms with Gasteiger partial charge in [-0.05, 0) is 5.92 Å². The highest BCUT2D eigenvalue weighted by atomic mass is 19.4. The average molecular weight is 249 g/mol. The van der Waals surface area contributed by atoms with Crippen molar-refractivity contribution in [3.05, 3.63) is 17.0 Å². The SMILES string of the molecule is CC(C)C(=O)c1onc(C(C)C)c1C(F)(F)F. The Morgan fingerprint density at radius 3 is 2.12 bits per heavy atom. The van der Waals surface area contributed by atoms with Gasteiger partial charge in [-0.2, -0.15) is 13.2 Å². The molecule has 0 aliphatic rings. The minimum absolute atomic E-state index is 0.221. The number of aromatic nitrogens is 1. The number of ketones is 1. The molecule has 0 saturated heterocycles. The van der Waals surface area contributed by atoms with E-state index < -0.39 is 35.1 Å². The number of halogens is 3. The second-order valence-electron chi connectivity index (χ2n) is 4.44. The van der Waals surface area contributed by atoms with Crippen molar-refractivity contribution in [2.75, 3.05) is 0 Å². The third-order valence-electron chi connectivity index (χ3n) is 2.30. The molecule has 0 N–H and O–H groups in total. The maximum Gasteiger partial charge on any atom is 0.422 e. The van der Waals surface area contributed by atoms with Crippen molar-refractivity contribution in [3.8, 4) is 0 Å². The van der Waals surface area contributed by atoms with Gasteiger partial charge >= 0.3 is 6.18 Å². The van der Waals surface area contributed by atoms with E-state index in [2.05, 4.69) is 9.68 Å². The van der Waals surface area contributed by atoms with E-state index in [1.165, 1.54) is 13.8 Å². The van der Waals surface area contributed by atoms with Crippen LogP contribution in [0.3, 0.4) is 0 Å². The highest BCUT2D eigenvalue weighted by molar-refractivity contribution is 5.96. The van der Waals surface area contributed by atoms with Crippen LogP contribution in [0.4, 0.5) is 13.2 Å². The Balaban J connectivity index is 3.39. The summed E-state index contributed by atoms with van der Waals surface area (Å²) in [5, 5.41) is 3.37. The zero-order valence-electron chi connectivity index (χ0n) is 10.1. The van der Waals surface area contributed by atoms with Crippen LogP contribution >= 0.6 is 0 Å². The third kappa shape index (κ3) is 2.68. The molecule has 0 unspecified atom stereocenters. The highest BCUT2D eigenvalue weighted by Gasteiger charge is 2.43. The molecule has 0 spiro atoms. The number of hydrogen-bond acceptors (Lipinski definition) is 3. The molecule has 17 heavy (non-hydrogen) atoms. The summed E-state index contributed by atoms with van der Waals surface area (Å²) in [5.74, 6) is -2.39. The van der Waals surface area contributed by atoms with Gasteiger partial charge < -0.3 is 4.52 Å². The molecule has 0 aliphatic carbocycles. The van der Waals surface area contributed by atoms with Gasteiger partial charge in [-0.3, -0.25) is 4.79 Å². The normalized spacial score (nSPS) is 12.5. The van der Waals surface area contributed by atoms with Gasteiger partial charge in [-0.1, -0.05) is 32.9 Å². The van der Waals surface area contributed by atoms with E-state index >= 15 is 0 Å². The van der Waals surface area contributed by atoms with Gasteiger partial charge in [0.05, 0.1) is 5.69 Å². The minimum Gasteiger partial charge on any atom is -0.352 e. The van der Waals surface area contributed by atoms with Crippen LogP contribution in [0.5, 0.6) is 0 Å². The molecule has 0 atom stereocenters. The molecule has 6 heteroatoms. The second-order valence-corrected chi connectivity index (χ2v) is 4.44. The van der Waals surface area contributed by atoms with E-state index in [0.29, 0.717) is 0 Å². The van der Waals surface area contributed by atoms with E-state index in [0.717, 1.165) is 0 Å². The van der Waals surface area contributed by atoms with Gasteiger partial charge in [0.15, 0.2) is 0 Å². The topological polar surface area (TPSA) is 43.1 Å². The number of nitrogens with zero attached hydrogens (tertiary/aromatic N) is 1. The van der Waals surface area contributed by atoms with E-state index in [4.69, 9.17) is 0 Å². The van der Waals surface area contributed by atoms with Crippen LogP contribution in [0.2, 0.25) is 0 Å². The number of hydrogen-bond donors (Lipinski definition) is 0. The predicted octanol–water partition coefficient (Wildman–Crippen LogP) is 3.66. The first kappa shape index (κ1) is 13.7. The van der Waals surface area contributed by atoms with Gasteiger partial charge in [-0.15, -0.1) is 0 Å². The summed E-state index contributed by atoms with van der Waals surface area (Å²) in [6.45, 7) is 6.16. The Bertz CT molecular complexity index is 419. The van der Waals surface area contributed by atoms with Crippen LogP contribution in [0.25, 0.3) is 0 Å². The number of alkyl halides is 3. The molecule has 1 aromatic rings. The molecular weight excluding hydrogens is 235 g/mol. The lowest BCUT2D eigenvalue weighted by Gasteiger charge is -2.10. The van der Waals surface area contributed by atoms with Crippen molar-refractivity contribution >= 4 is 5.78 Å². The van der Waals surface area contributed by atoms with Crippen molar-refractivity contribution in [1.82, 2.24) is 5.16 Å². The maximum atomic E-state index is 12.9. The van der Waals surface area contributed by atoms with E-state index in [-0.39, 0.29) is 5.69 Å². The smallest absolute Gasteiger partial charge is 0.352 e. The molecule has 0 bridgehead atoms. The first-order valence-electron chi connectivity index (χ1n) is 5.27. The van der Waals surface area contributed by atoms with E-state index in [9.17, 15) is 18.0 Å². The summed E-state index contributed by atoms with van der Waals surface area (Å²) < 4.78 is 43.2. The highest BCUT2D eigenvalue weighted by Crippen LogP contribution is 2.38. The molecule has 0 saturated carbocycles. The quantitative estimate of drug-likeness (QED) is 0.768. The fourth-order valence-electron chi connectivity index (χ4n) is 1.40. The summed E-state index contributed by atoms with van der Waals surface area (Å²) in [6, 6.07) is 0. The summed E-state index contributed by atoms with van der Waals surface area (Å²) in [6.07, 6.45) is -4.63. The van der Waals surface area contributed by atoms with Crippen molar-refractivity contribution in [2.45, 2.75) is 39.8 Å². The van der Waals surface area contributed by atoms with E-state index in [1.54, 1.807) is 13.8 Å². The van der Waals surface area contributed by atoms with Crippen molar-refractivity contribution in [3.63, 3.8) is 0 Å². The molecule has 0 fully saturated rings. The first-order chi connectivity index (χ1) is 7.66. The molecule has 1 heterocycles. The molecule has 1 rings (SSSR count). The lowest BCUT2D eigenvalue weighted by molar-refractivity contribution is -0.139. The number of carbonyl (C=O) groups excluding carboxylic acids is 1. The zero-order valence-corrected chi connectivity index (χ0v) is 10.1. The Labute approximate surface area is 97.0 Å². The molecule has 0 aromatic carbocycles. The van der Waals surface area contributed by atoms with Crippen molar-refractivity contribution in [1.29, 1.82) is 0 Å². The van der Waals surface area contributed by atoms with E-state index in [1.807, 2.05) is 0 Å². The molecular formula is C11H14F3NO2. The Morgan fingerprint density at radius 1 is 1.24 bits per heavy atom. The Kier molecular flexibility index (Phi) is 3.64. The maximum absolute atomic E-state index is 12.9. The average Bonchev–Trinajstić information content (AvgIpc) is 2.59. The summed E-state index contributed by atoms with van der Waals surface area (Å²) in [4.78, 5) is 11.6. The van der Waals surface area contributed by atoms with Crippen LogP contribution in [-0.4, -0.2) is 10.9 Å². The molecule has 1 aromatic heterocycles. The summed E-state index contributed by atoms with van der Waals surface area (Å²) >= 11 is 0. The van der Waals surface area contributed by atoms with Crippen LogP contribution in [0.1, 0.15) is 55.4 Å². The standard InChI is InChI=1S/C11H14F3NO2/c1-5(2)8-7(11(12,13)14)10(17-15-8)9(16)6(3)4/h5-6H,1-4H3. The largest absolute Gasteiger partial charge is 0.422 e. The molecule has 0 aliphatic heterocycles. The van der Waals surface area contributed by atoms with Gasteiger partial charge in [-0.25, -0.2) is 0 Å². The van der Waals surface area contributed by atoms with Crippen molar-refractivity contribution < 1.29 is 22.5 Å². The Morgan fingerprint density at radius 2 is 1.76 bits per heavy atom. The zero-order chi connectivity index (χ0) is 13.4. The first-order valence-corrected chi connectivity index (χ1v) is 5.27. The van der Waals surface area contributed by atoms with Crippen LogP contribution < -0.4 is 0 Å². The number of rotatable bonds is 3. The lowest BCUT2D eigenvalue weighted by atomic mass is 9.98. The monoisotopic (exact) mass is 249 g/mol. The van der Waals surface area contributed by atoms with Crippen LogP contribution in [0, 0.1) is 5.92 Å². The second kappa shape index (κ2) is 4.50. The predicted molar refractivity (Wildman–Crippen MR) is 54.8 cm³/mol.